The fourth-order valence-electron chi connectivity index (χ4n) is 3.75. The summed E-state index contributed by atoms with van der Waals surface area (Å²) in [5.74, 6) is -0.332. The predicted octanol–water partition coefficient (Wildman–Crippen LogP) is 7.61. The molecule has 0 unspecified atom stereocenters. The largest absolute Gasteiger partial charge is 0.461 e. The molecule has 8 heteroatoms. The van der Waals surface area contributed by atoms with Crippen molar-refractivity contribution in [2.24, 2.45) is 0 Å². The molecular formula is C35H41BrN2O5. The number of esters is 1. The van der Waals surface area contributed by atoms with E-state index in [4.69, 9.17) is 19.4 Å². The number of halogens is 1. The van der Waals surface area contributed by atoms with E-state index in [-0.39, 0.29) is 12.1 Å². The van der Waals surface area contributed by atoms with Crippen molar-refractivity contribution in [1.82, 2.24) is 9.97 Å². The summed E-state index contributed by atoms with van der Waals surface area (Å²) in [6.07, 6.45) is 10.5. The van der Waals surface area contributed by atoms with Gasteiger partial charge < -0.3 is 9.84 Å². The lowest BCUT2D eigenvalue weighted by atomic mass is 10.1. The number of aliphatic hydroxyl groups excluding tert-OH is 1. The van der Waals surface area contributed by atoms with Gasteiger partial charge >= 0.3 is 12.1 Å². The zero-order valence-electron chi connectivity index (χ0n) is 24.7. The van der Waals surface area contributed by atoms with Crippen LogP contribution >= 0.6 is 15.9 Å². The maximum absolute atomic E-state index is 11.8. The van der Waals surface area contributed by atoms with E-state index in [1.807, 2.05) is 49.4 Å². The highest BCUT2D eigenvalue weighted by molar-refractivity contribution is 9.10. The third-order valence-electron chi connectivity index (χ3n) is 5.88. The number of pyridine rings is 2. The van der Waals surface area contributed by atoms with Crippen LogP contribution in [-0.4, -0.2) is 40.4 Å². The van der Waals surface area contributed by atoms with E-state index in [1.165, 1.54) is 17.5 Å². The molecule has 4 rings (SSSR count). The first-order valence-corrected chi connectivity index (χ1v) is 15.1. The van der Waals surface area contributed by atoms with E-state index >= 15 is 0 Å². The summed E-state index contributed by atoms with van der Waals surface area (Å²) in [7, 11) is 0. The Morgan fingerprint density at radius 1 is 0.744 bits per heavy atom. The molecule has 228 valence electrons. The molecule has 0 saturated heterocycles. The number of aliphatic hydroxyl groups is 1. The van der Waals surface area contributed by atoms with E-state index in [2.05, 4.69) is 74.4 Å². The average molecular weight is 650 g/mol. The average Bonchev–Trinajstić information content (AvgIpc) is 3.03. The first-order valence-electron chi connectivity index (χ1n) is 14.4. The van der Waals surface area contributed by atoms with E-state index in [0.29, 0.717) is 18.9 Å². The maximum atomic E-state index is 11.8. The third kappa shape index (κ3) is 20.5. The Balaban J connectivity index is 0.000000351. The van der Waals surface area contributed by atoms with Crippen molar-refractivity contribution in [3.63, 3.8) is 0 Å². The Bertz CT molecular complexity index is 1270. The fourth-order valence-corrected chi connectivity index (χ4v) is 4.02. The lowest BCUT2D eigenvalue weighted by molar-refractivity contribution is -0.191. The number of hydrogen-bond acceptors (Lipinski definition) is 7. The van der Waals surface area contributed by atoms with Crippen LogP contribution in [0.2, 0.25) is 0 Å². The second-order valence-corrected chi connectivity index (χ2v) is 10.2. The summed E-state index contributed by atoms with van der Waals surface area (Å²) in [5, 5.41) is 8.56. The second kappa shape index (κ2) is 25.7. The zero-order valence-corrected chi connectivity index (χ0v) is 26.3. The number of hydrogen-bond donors (Lipinski definition) is 1. The number of aromatic nitrogens is 2. The van der Waals surface area contributed by atoms with Gasteiger partial charge in [0, 0.05) is 18.5 Å². The van der Waals surface area contributed by atoms with Gasteiger partial charge in [-0.25, -0.2) is 14.8 Å². The molecule has 0 amide bonds. The fraction of sp³-hybridized carbons (Fsp3) is 0.314. The van der Waals surface area contributed by atoms with Crippen LogP contribution in [-0.2, 0) is 27.2 Å². The second-order valence-electron chi connectivity index (χ2n) is 9.35. The summed E-state index contributed by atoms with van der Waals surface area (Å²) < 4.78 is 6.12. The van der Waals surface area contributed by atoms with Crippen molar-refractivity contribution in [2.75, 3.05) is 13.2 Å². The summed E-state index contributed by atoms with van der Waals surface area (Å²) >= 11 is 3.20. The van der Waals surface area contributed by atoms with Crippen LogP contribution < -0.4 is 0 Å². The van der Waals surface area contributed by atoms with Gasteiger partial charge in [0.2, 0.25) is 0 Å². The van der Waals surface area contributed by atoms with Crippen LogP contribution in [0.15, 0.2) is 108 Å². The van der Waals surface area contributed by atoms with Gasteiger partial charge in [-0.1, -0.05) is 79.2 Å². The number of unbranched alkanes of at least 4 members (excludes halogenated alkanes) is 4. The van der Waals surface area contributed by atoms with Crippen LogP contribution in [0.5, 0.6) is 0 Å². The van der Waals surface area contributed by atoms with Gasteiger partial charge in [0.15, 0.2) is 0 Å². The number of aryl methyl sites for hydroxylation is 3. The molecule has 2 aromatic heterocycles. The Kier molecular flexibility index (Phi) is 22.2. The molecule has 0 atom stereocenters. The van der Waals surface area contributed by atoms with Crippen molar-refractivity contribution < 1.29 is 24.2 Å². The minimum Gasteiger partial charge on any atom is -0.461 e. The van der Waals surface area contributed by atoms with Gasteiger partial charge in [-0.15, -0.1) is 0 Å². The van der Waals surface area contributed by atoms with Gasteiger partial charge in [0.25, 0.3) is 0 Å². The van der Waals surface area contributed by atoms with Crippen LogP contribution in [0.1, 0.15) is 65.8 Å². The lowest BCUT2D eigenvalue weighted by Crippen LogP contribution is -2.09. The number of carbonyl (C=O) groups excluding carboxylic acids is 3. The maximum Gasteiger partial charge on any atom is 0.373 e. The lowest BCUT2D eigenvalue weighted by Gasteiger charge is -2.05. The Morgan fingerprint density at radius 2 is 1.30 bits per heavy atom. The SMILES string of the molecule is Brc1ccccn1.Cc1cccc(C(=O)OCCCCCc2ccccc2)n1.O=C=O.OCCCCCc1ccccc1. The van der Waals surface area contributed by atoms with Crippen molar-refractivity contribution in [1.29, 1.82) is 0 Å². The highest BCUT2D eigenvalue weighted by Crippen LogP contribution is 2.08. The smallest absolute Gasteiger partial charge is 0.373 e. The predicted molar refractivity (Wildman–Crippen MR) is 171 cm³/mol. The molecule has 2 aromatic carbocycles. The van der Waals surface area contributed by atoms with Crippen molar-refractivity contribution in [3.8, 4) is 0 Å². The molecule has 0 radical (unpaired) electrons. The third-order valence-corrected chi connectivity index (χ3v) is 6.35. The molecular weight excluding hydrogens is 608 g/mol. The van der Waals surface area contributed by atoms with Crippen LogP contribution in [0.4, 0.5) is 0 Å². The first-order chi connectivity index (χ1) is 21.0. The summed E-state index contributed by atoms with van der Waals surface area (Å²) in [5.41, 5.74) is 3.97. The van der Waals surface area contributed by atoms with Crippen LogP contribution in [0, 0.1) is 6.92 Å². The van der Waals surface area contributed by atoms with E-state index in [0.717, 1.165) is 55.2 Å². The van der Waals surface area contributed by atoms with Gasteiger partial charge in [-0.2, -0.15) is 9.59 Å². The van der Waals surface area contributed by atoms with E-state index < -0.39 is 0 Å². The number of nitrogens with zero attached hydrogens (tertiary/aromatic N) is 2. The Labute approximate surface area is 263 Å². The zero-order chi connectivity index (χ0) is 31.4. The standard InChI is InChI=1S/C18H21NO2.C11H16O.C5H4BrN.CO2/c1-15-9-8-13-17(19-15)18(20)21-14-7-3-6-12-16-10-4-2-5-11-16;12-10-6-2-5-9-11-7-3-1-4-8-11;6-5-3-1-2-4-7-5;2-1-3/h2,4-5,8-11,13H,3,6-7,12,14H2,1H3;1,3-4,7-8,12H,2,5-6,9-10H2;1-4H;. The van der Waals surface area contributed by atoms with Gasteiger partial charge in [0.05, 0.1) is 6.61 Å². The van der Waals surface area contributed by atoms with Gasteiger partial charge in [0.1, 0.15) is 10.3 Å². The molecule has 0 saturated carbocycles. The Morgan fingerprint density at radius 3 is 1.77 bits per heavy atom. The molecule has 0 bridgehead atoms. The number of carbonyl (C=O) groups is 1. The Hall–Kier alpha value is -3.97. The molecule has 0 spiro atoms. The number of benzene rings is 2. The van der Waals surface area contributed by atoms with Crippen LogP contribution in [0.25, 0.3) is 0 Å². The normalized spacial score (nSPS) is 9.47. The minimum atomic E-state index is -0.332. The van der Waals surface area contributed by atoms with Crippen molar-refractivity contribution in [3.05, 3.63) is 130 Å². The molecule has 0 aliphatic carbocycles. The molecule has 7 nitrogen and oxygen atoms in total. The molecule has 4 aromatic rings. The van der Waals surface area contributed by atoms with Crippen molar-refractivity contribution in [2.45, 2.75) is 58.3 Å². The topological polar surface area (TPSA) is 106 Å². The molecule has 43 heavy (non-hydrogen) atoms. The monoisotopic (exact) mass is 648 g/mol. The number of ether oxygens (including phenoxy) is 1. The van der Waals surface area contributed by atoms with Crippen molar-refractivity contribution >= 4 is 28.1 Å². The minimum absolute atomic E-state index is 0.250. The molecule has 0 aliphatic heterocycles. The van der Waals surface area contributed by atoms with E-state index in [9.17, 15) is 4.79 Å². The summed E-state index contributed by atoms with van der Waals surface area (Å²) in [6.45, 7) is 2.65. The van der Waals surface area contributed by atoms with E-state index in [1.54, 1.807) is 12.3 Å². The molecule has 0 fully saturated rings. The number of rotatable bonds is 12. The summed E-state index contributed by atoms with van der Waals surface area (Å²) in [6, 6.07) is 32.0. The first kappa shape index (κ1) is 37.1. The highest BCUT2D eigenvalue weighted by Gasteiger charge is 2.08. The quantitative estimate of drug-likeness (QED) is 0.0957. The molecule has 2 heterocycles. The highest BCUT2D eigenvalue weighted by atomic mass is 79.9. The van der Waals surface area contributed by atoms with Gasteiger partial charge in [-0.3, -0.25) is 0 Å². The molecule has 1 N–H and O–H groups in total. The summed E-state index contributed by atoms with van der Waals surface area (Å²) in [4.78, 5) is 36.1. The molecule has 0 aliphatic rings. The van der Waals surface area contributed by atoms with Crippen LogP contribution in [0.3, 0.4) is 0 Å². The van der Waals surface area contributed by atoms with Gasteiger partial charge in [-0.05, 0) is 103 Å².